The Balaban J connectivity index is 1.39. The predicted octanol–water partition coefficient (Wildman–Crippen LogP) is 4.75. The van der Waals surface area contributed by atoms with Crippen LogP contribution in [0.3, 0.4) is 0 Å². The van der Waals surface area contributed by atoms with Gasteiger partial charge in [-0.25, -0.2) is 0 Å². The van der Waals surface area contributed by atoms with Crippen LogP contribution in [0.25, 0.3) is 5.69 Å². The Morgan fingerprint density at radius 3 is 2.46 bits per heavy atom. The predicted molar refractivity (Wildman–Crippen MR) is 143 cm³/mol. The number of aromatic nitrogens is 4. The third-order valence-electron chi connectivity index (χ3n) is 5.91. The second kappa shape index (κ2) is 10.7. The number of piperazine rings is 1. The summed E-state index contributed by atoms with van der Waals surface area (Å²) in [4.78, 5) is 17.2. The molecule has 11 heteroatoms. The van der Waals surface area contributed by atoms with E-state index in [1.54, 1.807) is 4.68 Å². The number of nitrogens with one attached hydrogen (secondary N) is 1. The minimum atomic E-state index is -0.201. The van der Waals surface area contributed by atoms with Gasteiger partial charge in [-0.15, -0.1) is 5.10 Å². The molecule has 0 spiro atoms. The molecule has 4 rings (SSSR count). The third-order valence-corrected chi connectivity index (χ3v) is 7.45. The molecule has 0 atom stereocenters. The molecule has 0 radical (unpaired) electrons. The Bertz CT molecular complexity index is 1200. The fourth-order valence-electron chi connectivity index (χ4n) is 3.75. The van der Waals surface area contributed by atoms with Crippen molar-refractivity contribution in [1.29, 1.82) is 0 Å². The quantitative estimate of drug-likeness (QED) is 0.458. The van der Waals surface area contributed by atoms with Crippen molar-refractivity contribution in [3.63, 3.8) is 0 Å². The first-order valence-electron chi connectivity index (χ1n) is 11.4. The summed E-state index contributed by atoms with van der Waals surface area (Å²) in [5.74, 6) is -0.0813. The van der Waals surface area contributed by atoms with Crippen molar-refractivity contribution in [2.75, 3.05) is 49.2 Å². The van der Waals surface area contributed by atoms with E-state index in [9.17, 15) is 4.79 Å². The van der Waals surface area contributed by atoms with Crippen LogP contribution in [0.15, 0.2) is 41.6 Å². The molecule has 1 aliphatic rings. The van der Waals surface area contributed by atoms with E-state index in [-0.39, 0.29) is 17.1 Å². The van der Waals surface area contributed by atoms with E-state index >= 15 is 0 Å². The number of thioether (sulfide) groups is 1. The van der Waals surface area contributed by atoms with Gasteiger partial charge >= 0.3 is 0 Å². The lowest BCUT2D eigenvalue weighted by Gasteiger charge is -2.34. The SMILES string of the molecule is CN1CCN(c2ccc(NC(=O)CSc3nnnn3-c3ccc(C(C)(C)C)cc3Cl)c(Cl)c2)CC1. The molecule has 1 fully saturated rings. The Hall–Kier alpha value is -2.33. The maximum Gasteiger partial charge on any atom is 0.234 e. The van der Waals surface area contributed by atoms with Crippen LogP contribution in [0, 0.1) is 0 Å². The van der Waals surface area contributed by atoms with Crippen LogP contribution in [-0.2, 0) is 10.2 Å². The molecule has 0 aliphatic carbocycles. The van der Waals surface area contributed by atoms with Crippen molar-refractivity contribution < 1.29 is 4.79 Å². The van der Waals surface area contributed by atoms with Crippen molar-refractivity contribution in [1.82, 2.24) is 25.1 Å². The molecule has 1 saturated heterocycles. The number of nitrogens with zero attached hydrogens (tertiary/aromatic N) is 6. The normalized spacial score (nSPS) is 14.9. The highest BCUT2D eigenvalue weighted by molar-refractivity contribution is 7.99. The Kier molecular flexibility index (Phi) is 7.90. The lowest BCUT2D eigenvalue weighted by atomic mass is 9.87. The molecule has 2 aromatic carbocycles. The number of rotatable bonds is 6. The molecule has 0 unspecified atom stereocenters. The maximum atomic E-state index is 12.6. The van der Waals surface area contributed by atoms with Gasteiger partial charge in [0, 0.05) is 31.9 Å². The zero-order valence-corrected chi connectivity index (χ0v) is 22.6. The number of amides is 1. The van der Waals surface area contributed by atoms with Crippen molar-refractivity contribution in [3.8, 4) is 5.69 Å². The highest BCUT2D eigenvalue weighted by Crippen LogP contribution is 2.31. The molecular weight excluding hydrogens is 505 g/mol. The summed E-state index contributed by atoms with van der Waals surface area (Å²) in [6.07, 6.45) is 0. The van der Waals surface area contributed by atoms with Gasteiger partial charge in [-0.3, -0.25) is 4.79 Å². The Morgan fingerprint density at radius 1 is 1.06 bits per heavy atom. The highest BCUT2D eigenvalue weighted by Gasteiger charge is 2.19. The number of carbonyl (C=O) groups excluding carboxylic acids is 1. The van der Waals surface area contributed by atoms with Gasteiger partial charge in [0.1, 0.15) is 0 Å². The summed E-state index contributed by atoms with van der Waals surface area (Å²) in [6, 6.07) is 11.6. The molecular formula is C24H29Cl2N7OS. The molecule has 0 saturated carbocycles. The Morgan fingerprint density at radius 2 is 1.80 bits per heavy atom. The summed E-state index contributed by atoms with van der Waals surface area (Å²) in [5.41, 5.74) is 3.39. The number of hydrogen-bond acceptors (Lipinski definition) is 7. The number of carbonyl (C=O) groups is 1. The van der Waals surface area contributed by atoms with Crippen molar-refractivity contribution in [3.05, 3.63) is 52.0 Å². The Labute approximate surface area is 219 Å². The van der Waals surface area contributed by atoms with Crippen LogP contribution in [0.5, 0.6) is 0 Å². The van der Waals surface area contributed by atoms with E-state index in [1.165, 1.54) is 11.8 Å². The van der Waals surface area contributed by atoms with E-state index in [0.717, 1.165) is 37.4 Å². The largest absolute Gasteiger partial charge is 0.369 e. The van der Waals surface area contributed by atoms with Gasteiger partial charge in [0.05, 0.1) is 27.2 Å². The first-order valence-corrected chi connectivity index (χ1v) is 13.1. The minimum absolute atomic E-state index is 0.0254. The molecule has 2 heterocycles. The summed E-state index contributed by atoms with van der Waals surface area (Å²) in [6.45, 7) is 10.3. The van der Waals surface area contributed by atoms with Crippen LogP contribution in [-0.4, -0.2) is 70.0 Å². The monoisotopic (exact) mass is 533 g/mol. The van der Waals surface area contributed by atoms with Gasteiger partial charge in [0.25, 0.3) is 0 Å². The van der Waals surface area contributed by atoms with E-state index in [2.05, 4.69) is 58.5 Å². The first-order chi connectivity index (χ1) is 16.6. The number of anilines is 2. The van der Waals surface area contributed by atoms with E-state index in [1.807, 2.05) is 36.4 Å². The highest BCUT2D eigenvalue weighted by atomic mass is 35.5. The molecule has 1 aromatic heterocycles. The van der Waals surface area contributed by atoms with Crippen molar-refractivity contribution >= 4 is 52.2 Å². The van der Waals surface area contributed by atoms with Crippen LogP contribution < -0.4 is 10.2 Å². The maximum absolute atomic E-state index is 12.6. The van der Waals surface area contributed by atoms with Crippen LogP contribution >= 0.6 is 35.0 Å². The minimum Gasteiger partial charge on any atom is -0.369 e. The zero-order chi connectivity index (χ0) is 25.2. The molecule has 186 valence electrons. The average molecular weight is 535 g/mol. The topological polar surface area (TPSA) is 79.2 Å². The van der Waals surface area contributed by atoms with Crippen LogP contribution in [0.1, 0.15) is 26.3 Å². The van der Waals surface area contributed by atoms with E-state index < -0.39 is 0 Å². The molecule has 1 N–H and O–H groups in total. The summed E-state index contributed by atoms with van der Waals surface area (Å²) >= 11 is 14.2. The van der Waals surface area contributed by atoms with Crippen molar-refractivity contribution in [2.45, 2.75) is 31.3 Å². The van der Waals surface area contributed by atoms with E-state index in [4.69, 9.17) is 23.2 Å². The standard InChI is InChI=1S/C24H29Cl2N7OS/c1-24(2,3)16-5-8-21(19(26)13-16)33-23(28-29-30-33)35-15-22(34)27-20-7-6-17(14-18(20)25)32-11-9-31(4)10-12-32/h5-8,13-14H,9-12,15H2,1-4H3,(H,27,34). The van der Waals surface area contributed by atoms with E-state index in [0.29, 0.717) is 26.6 Å². The van der Waals surface area contributed by atoms with Gasteiger partial charge in [0.2, 0.25) is 11.1 Å². The third kappa shape index (κ3) is 6.27. The summed E-state index contributed by atoms with van der Waals surface area (Å²) in [5, 5.41) is 16.3. The second-order valence-electron chi connectivity index (χ2n) is 9.58. The van der Waals surface area contributed by atoms with Gasteiger partial charge in [-0.1, -0.05) is 61.8 Å². The second-order valence-corrected chi connectivity index (χ2v) is 11.3. The van der Waals surface area contributed by atoms with Gasteiger partial charge in [0.15, 0.2) is 0 Å². The fraction of sp³-hybridized carbons (Fsp3) is 0.417. The van der Waals surface area contributed by atoms with Gasteiger partial charge in [-0.05, 0) is 58.8 Å². The molecule has 8 nitrogen and oxygen atoms in total. The lowest BCUT2D eigenvalue weighted by Crippen LogP contribution is -2.44. The first kappa shape index (κ1) is 25.8. The van der Waals surface area contributed by atoms with Crippen LogP contribution in [0.4, 0.5) is 11.4 Å². The number of benzene rings is 2. The van der Waals surface area contributed by atoms with Gasteiger partial charge < -0.3 is 15.1 Å². The lowest BCUT2D eigenvalue weighted by molar-refractivity contribution is -0.113. The average Bonchev–Trinajstić information content (AvgIpc) is 3.27. The van der Waals surface area contributed by atoms with Crippen LogP contribution in [0.2, 0.25) is 10.0 Å². The molecule has 1 amide bonds. The molecule has 1 aliphatic heterocycles. The number of halogens is 2. The molecule has 0 bridgehead atoms. The summed E-state index contributed by atoms with van der Waals surface area (Å²) < 4.78 is 1.55. The number of likely N-dealkylation sites (N-methyl/N-ethyl adjacent to an activating group) is 1. The number of tetrazole rings is 1. The molecule has 3 aromatic rings. The van der Waals surface area contributed by atoms with Crippen molar-refractivity contribution in [2.24, 2.45) is 0 Å². The number of hydrogen-bond donors (Lipinski definition) is 1. The smallest absolute Gasteiger partial charge is 0.234 e. The van der Waals surface area contributed by atoms with Gasteiger partial charge in [-0.2, -0.15) is 4.68 Å². The summed E-state index contributed by atoms with van der Waals surface area (Å²) in [7, 11) is 2.12. The molecule has 35 heavy (non-hydrogen) atoms. The fourth-order valence-corrected chi connectivity index (χ4v) is 4.91. The zero-order valence-electron chi connectivity index (χ0n) is 20.3.